The summed E-state index contributed by atoms with van der Waals surface area (Å²) >= 11 is 0. The number of hydrogen-bond acceptors (Lipinski definition) is 3. The lowest BCUT2D eigenvalue weighted by Crippen LogP contribution is -2.15. The van der Waals surface area contributed by atoms with Gasteiger partial charge in [0.25, 0.3) is 0 Å². The number of hydrogen-bond donors (Lipinski definition) is 1. The number of nitrogens with one attached hydrogen (secondary N) is 1. The average molecular weight is 235 g/mol. The summed E-state index contributed by atoms with van der Waals surface area (Å²) in [5.74, 6) is 0.911. The standard InChI is InChI=1S/C14H21NO2/c1-3-17-10-12-8-11(4-7-14(12)16-2)9-15-13-5-6-13/h4,7-8,13,15H,3,5-6,9-10H2,1-2H3. The lowest BCUT2D eigenvalue weighted by atomic mass is 10.1. The third-order valence-corrected chi connectivity index (χ3v) is 2.98. The summed E-state index contributed by atoms with van der Waals surface area (Å²) in [5.41, 5.74) is 2.43. The number of ether oxygens (including phenoxy) is 2. The first-order valence-electron chi connectivity index (χ1n) is 6.30. The van der Waals surface area contributed by atoms with Crippen LogP contribution in [-0.2, 0) is 17.9 Å². The SMILES string of the molecule is CCOCc1cc(CNC2CC2)ccc1OC. The van der Waals surface area contributed by atoms with Crippen molar-refractivity contribution in [1.29, 1.82) is 0 Å². The Kier molecular flexibility index (Phi) is 4.40. The number of methoxy groups -OCH3 is 1. The highest BCUT2D eigenvalue weighted by Crippen LogP contribution is 2.23. The zero-order valence-electron chi connectivity index (χ0n) is 10.7. The van der Waals surface area contributed by atoms with Gasteiger partial charge < -0.3 is 14.8 Å². The van der Waals surface area contributed by atoms with Gasteiger partial charge in [-0.2, -0.15) is 0 Å². The van der Waals surface area contributed by atoms with Gasteiger partial charge in [-0.25, -0.2) is 0 Å². The smallest absolute Gasteiger partial charge is 0.124 e. The maximum Gasteiger partial charge on any atom is 0.124 e. The maximum absolute atomic E-state index is 5.45. The summed E-state index contributed by atoms with van der Waals surface area (Å²) < 4.78 is 10.8. The summed E-state index contributed by atoms with van der Waals surface area (Å²) in [6.45, 7) is 4.30. The molecule has 17 heavy (non-hydrogen) atoms. The van der Waals surface area contributed by atoms with Crippen molar-refractivity contribution in [2.45, 2.75) is 39.0 Å². The topological polar surface area (TPSA) is 30.5 Å². The summed E-state index contributed by atoms with van der Waals surface area (Å²) in [4.78, 5) is 0. The quantitative estimate of drug-likeness (QED) is 0.787. The lowest BCUT2D eigenvalue weighted by molar-refractivity contribution is 0.132. The number of benzene rings is 1. The molecule has 1 aromatic rings. The average Bonchev–Trinajstić information content (AvgIpc) is 3.18. The minimum Gasteiger partial charge on any atom is -0.496 e. The molecule has 0 unspecified atom stereocenters. The molecule has 0 amide bonds. The molecule has 1 aliphatic carbocycles. The molecule has 2 rings (SSSR count). The zero-order valence-corrected chi connectivity index (χ0v) is 10.7. The van der Waals surface area contributed by atoms with Crippen LogP contribution in [0.15, 0.2) is 18.2 Å². The van der Waals surface area contributed by atoms with Gasteiger partial charge in [-0.3, -0.25) is 0 Å². The Morgan fingerprint density at radius 1 is 1.35 bits per heavy atom. The van der Waals surface area contributed by atoms with Crippen LogP contribution in [0.3, 0.4) is 0 Å². The Hall–Kier alpha value is -1.06. The van der Waals surface area contributed by atoms with E-state index in [4.69, 9.17) is 9.47 Å². The fourth-order valence-corrected chi connectivity index (χ4v) is 1.82. The van der Waals surface area contributed by atoms with Crippen LogP contribution in [0, 0.1) is 0 Å². The second-order valence-electron chi connectivity index (χ2n) is 4.44. The van der Waals surface area contributed by atoms with E-state index in [1.165, 1.54) is 18.4 Å². The van der Waals surface area contributed by atoms with E-state index in [0.717, 1.165) is 30.5 Å². The first kappa shape index (κ1) is 12.4. The first-order valence-corrected chi connectivity index (χ1v) is 6.30. The van der Waals surface area contributed by atoms with E-state index in [-0.39, 0.29) is 0 Å². The first-order chi connectivity index (χ1) is 8.33. The zero-order chi connectivity index (χ0) is 12.1. The summed E-state index contributed by atoms with van der Waals surface area (Å²) in [5, 5.41) is 3.51. The molecule has 0 heterocycles. The van der Waals surface area contributed by atoms with Crippen molar-refractivity contribution in [3.8, 4) is 5.75 Å². The van der Waals surface area contributed by atoms with E-state index in [1.807, 2.05) is 13.0 Å². The van der Waals surface area contributed by atoms with Gasteiger partial charge in [-0.05, 0) is 37.5 Å². The third-order valence-electron chi connectivity index (χ3n) is 2.98. The Balaban J connectivity index is 2.00. The summed E-state index contributed by atoms with van der Waals surface area (Å²) in [7, 11) is 1.70. The van der Waals surface area contributed by atoms with E-state index >= 15 is 0 Å². The van der Waals surface area contributed by atoms with Crippen LogP contribution in [0.25, 0.3) is 0 Å². The van der Waals surface area contributed by atoms with Gasteiger partial charge in [0.2, 0.25) is 0 Å². The van der Waals surface area contributed by atoms with Crippen molar-refractivity contribution in [2.75, 3.05) is 13.7 Å². The second-order valence-corrected chi connectivity index (χ2v) is 4.44. The summed E-state index contributed by atoms with van der Waals surface area (Å²) in [6.07, 6.45) is 2.64. The van der Waals surface area contributed by atoms with Crippen LogP contribution in [0.4, 0.5) is 0 Å². The summed E-state index contributed by atoms with van der Waals surface area (Å²) in [6, 6.07) is 7.05. The normalized spacial score (nSPS) is 14.9. The lowest BCUT2D eigenvalue weighted by Gasteiger charge is -2.11. The molecular formula is C14H21NO2. The highest BCUT2D eigenvalue weighted by molar-refractivity contribution is 5.37. The molecule has 1 aromatic carbocycles. The van der Waals surface area contributed by atoms with Gasteiger partial charge in [0.15, 0.2) is 0 Å². The van der Waals surface area contributed by atoms with Crippen LogP contribution < -0.4 is 10.1 Å². The molecule has 1 aliphatic rings. The van der Waals surface area contributed by atoms with Gasteiger partial charge in [0.1, 0.15) is 5.75 Å². The fourth-order valence-electron chi connectivity index (χ4n) is 1.82. The van der Waals surface area contributed by atoms with Crippen LogP contribution in [0.5, 0.6) is 5.75 Å². The van der Waals surface area contributed by atoms with Crippen molar-refractivity contribution in [3.05, 3.63) is 29.3 Å². The Morgan fingerprint density at radius 3 is 2.82 bits per heavy atom. The van der Waals surface area contributed by atoms with E-state index in [2.05, 4.69) is 17.4 Å². The van der Waals surface area contributed by atoms with E-state index in [0.29, 0.717) is 6.61 Å². The molecule has 0 spiro atoms. The van der Waals surface area contributed by atoms with Gasteiger partial charge in [0.05, 0.1) is 13.7 Å². The Labute approximate surface area is 103 Å². The molecule has 1 saturated carbocycles. The number of rotatable bonds is 7. The van der Waals surface area contributed by atoms with Crippen molar-refractivity contribution in [1.82, 2.24) is 5.32 Å². The molecule has 0 saturated heterocycles. The van der Waals surface area contributed by atoms with E-state index < -0.39 is 0 Å². The largest absolute Gasteiger partial charge is 0.496 e. The van der Waals surface area contributed by atoms with Crippen LogP contribution in [0.1, 0.15) is 30.9 Å². The highest BCUT2D eigenvalue weighted by atomic mass is 16.5. The predicted molar refractivity (Wildman–Crippen MR) is 68.2 cm³/mol. The van der Waals surface area contributed by atoms with Crippen molar-refractivity contribution in [2.24, 2.45) is 0 Å². The van der Waals surface area contributed by atoms with Gasteiger partial charge in [-0.1, -0.05) is 6.07 Å². The van der Waals surface area contributed by atoms with Gasteiger partial charge in [0, 0.05) is 24.8 Å². The molecule has 94 valence electrons. The second kappa shape index (κ2) is 6.03. The predicted octanol–water partition coefficient (Wildman–Crippen LogP) is 2.48. The van der Waals surface area contributed by atoms with E-state index in [1.54, 1.807) is 7.11 Å². The van der Waals surface area contributed by atoms with Gasteiger partial charge in [-0.15, -0.1) is 0 Å². The van der Waals surface area contributed by atoms with Crippen molar-refractivity contribution < 1.29 is 9.47 Å². The molecule has 0 aromatic heterocycles. The van der Waals surface area contributed by atoms with Crippen LogP contribution in [0.2, 0.25) is 0 Å². The van der Waals surface area contributed by atoms with Crippen LogP contribution in [-0.4, -0.2) is 19.8 Å². The fraction of sp³-hybridized carbons (Fsp3) is 0.571. The molecule has 0 aliphatic heterocycles. The monoisotopic (exact) mass is 235 g/mol. The van der Waals surface area contributed by atoms with E-state index in [9.17, 15) is 0 Å². The maximum atomic E-state index is 5.45. The molecule has 1 fully saturated rings. The van der Waals surface area contributed by atoms with Crippen molar-refractivity contribution in [3.63, 3.8) is 0 Å². The molecule has 3 heteroatoms. The highest BCUT2D eigenvalue weighted by Gasteiger charge is 2.20. The minimum absolute atomic E-state index is 0.622. The third kappa shape index (κ3) is 3.72. The van der Waals surface area contributed by atoms with Crippen molar-refractivity contribution >= 4 is 0 Å². The minimum atomic E-state index is 0.622. The molecular weight excluding hydrogens is 214 g/mol. The molecule has 0 bridgehead atoms. The molecule has 0 atom stereocenters. The van der Waals surface area contributed by atoms with Crippen LogP contribution >= 0.6 is 0 Å². The Bertz CT molecular complexity index is 361. The molecule has 0 radical (unpaired) electrons. The Morgan fingerprint density at radius 2 is 2.18 bits per heavy atom. The molecule has 3 nitrogen and oxygen atoms in total. The van der Waals surface area contributed by atoms with Gasteiger partial charge >= 0.3 is 0 Å². The molecule has 1 N–H and O–H groups in total.